The lowest BCUT2D eigenvalue weighted by Gasteiger charge is -2.15. The van der Waals surface area contributed by atoms with Gasteiger partial charge in [-0.05, 0) is 75.3 Å². The first-order chi connectivity index (χ1) is 17.5. The summed E-state index contributed by atoms with van der Waals surface area (Å²) in [6, 6.07) is 15.7. The molecule has 0 radical (unpaired) electrons. The fourth-order valence-corrected chi connectivity index (χ4v) is 4.51. The summed E-state index contributed by atoms with van der Waals surface area (Å²) in [5.74, 6) is 0.909. The van der Waals surface area contributed by atoms with Crippen molar-refractivity contribution >= 4 is 40.0 Å². The first kappa shape index (κ1) is 23.6. The molecule has 5 rings (SSSR count). The lowest BCUT2D eigenvalue weighted by atomic mass is 10.2. The lowest BCUT2D eigenvalue weighted by Crippen LogP contribution is -2.25. The maximum absolute atomic E-state index is 12.1. The van der Waals surface area contributed by atoms with Crippen molar-refractivity contribution < 1.29 is 9.53 Å². The molecule has 3 heterocycles. The van der Waals surface area contributed by atoms with Gasteiger partial charge in [0.15, 0.2) is 0 Å². The number of carbonyl (C=O) groups is 1. The van der Waals surface area contributed by atoms with E-state index in [0.29, 0.717) is 18.4 Å². The number of nitrogens with one attached hydrogen (secondary N) is 2. The Morgan fingerprint density at radius 2 is 1.89 bits per heavy atom. The van der Waals surface area contributed by atoms with Crippen molar-refractivity contribution in [2.45, 2.75) is 19.8 Å². The van der Waals surface area contributed by atoms with Crippen molar-refractivity contribution in [2.24, 2.45) is 12.8 Å². The van der Waals surface area contributed by atoms with Crippen LogP contribution in [-0.4, -0.2) is 51.6 Å². The Labute approximate surface area is 210 Å². The van der Waals surface area contributed by atoms with Gasteiger partial charge in [-0.25, -0.2) is 4.98 Å². The summed E-state index contributed by atoms with van der Waals surface area (Å²) in [7, 11) is 2.02. The number of hydrogen-bond donors (Lipinski definition) is 3. The standard InChI is InChI=1S/C27H31N7O2/c1-18-16-21-23(6-5-7-24(21)33(18)2)31-26-22(25(28)35)17-29-27(32-26)30-19-8-10-20(11-9-19)36-15-14-34-12-3-4-13-34/h5-11,16-17H,3-4,12-15H2,1-2H3,(H2,28,35)(H2,29,30,31,32). The SMILES string of the molecule is Cc1cc2c(Nc3nc(Nc4ccc(OCCN5CCCC5)cc4)ncc3C(N)=O)cccc2n1C. The van der Waals surface area contributed by atoms with Gasteiger partial charge in [0.25, 0.3) is 5.91 Å². The smallest absolute Gasteiger partial charge is 0.254 e. The van der Waals surface area contributed by atoms with Crippen molar-refractivity contribution in [1.82, 2.24) is 19.4 Å². The van der Waals surface area contributed by atoms with Gasteiger partial charge in [-0.1, -0.05) is 6.07 Å². The number of aryl methyl sites for hydroxylation is 2. The number of carbonyl (C=O) groups excluding carboxylic acids is 1. The molecule has 0 aliphatic carbocycles. The molecular formula is C27H31N7O2. The molecule has 186 valence electrons. The summed E-state index contributed by atoms with van der Waals surface area (Å²) in [5, 5.41) is 7.51. The molecule has 1 amide bonds. The summed E-state index contributed by atoms with van der Waals surface area (Å²) in [6.45, 7) is 6.00. The molecule has 2 aromatic carbocycles. The van der Waals surface area contributed by atoms with Crippen LogP contribution in [0.5, 0.6) is 5.75 Å². The number of rotatable bonds is 9. The zero-order valence-corrected chi connectivity index (χ0v) is 20.6. The predicted molar refractivity (Wildman–Crippen MR) is 142 cm³/mol. The molecular weight excluding hydrogens is 454 g/mol. The largest absolute Gasteiger partial charge is 0.492 e. The number of anilines is 4. The Morgan fingerprint density at radius 1 is 1.11 bits per heavy atom. The number of nitrogens with two attached hydrogens (primary N) is 1. The van der Waals surface area contributed by atoms with Crippen LogP contribution in [0, 0.1) is 6.92 Å². The second-order valence-electron chi connectivity index (χ2n) is 9.07. The van der Waals surface area contributed by atoms with Crippen LogP contribution in [0.4, 0.5) is 23.1 Å². The number of aromatic nitrogens is 3. The Kier molecular flexibility index (Phi) is 6.73. The van der Waals surface area contributed by atoms with E-state index >= 15 is 0 Å². The minimum Gasteiger partial charge on any atom is -0.492 e. The third kappa shape index (κ3) is 5.11. The van der Waals surface area contributed by atoms with Gasteiger partial charge in [0.2, 0.25) is 5.95 Å². The summed E-state index contributed by atoms with van der Waals surface area (Å²) in [5.41, 5.74) is 9.67. The van der Waals surface area contributed by atoms with Gasteiger partial charge in [0.1, 0.15) is 23.7 Å². The van der Waals surface area contributed by atoms with E-state index < -0.39 is 5.91 Å². The average molecular weight is 486 g/mol. The third-order valence-electron chi connectivity index (χ3n) is 6.62. The van der Waals surface area contributed by atoms with E-state index in [1.165, 1.54) is 19.0 Å². The minimum atomic E-state index is -0.601. The highest BCUT2D eigenvalue weighted by Gasteiger charge is 2.15. The highest BCUT2D eigenvalue weighted by molar-refractivity contribution is 6.00. The molecule has 0 saturated carbocycles. The van der Waals surface area contributed by atoms with E-state index in [9.17, 15) is 4.79 Å². The number of hydrogen-bond acceptors (Lipinski definition) is 7. The second-order valence-corrected chi connectivity index (χ2v) is 9.07. The van der Waals surface area contributed by atoms with Gasteiger partial charge < -0.3 is 25.7 Å². The number of fused-ring (bicyclic) bond motifs is 1. The first-order valence-electron chi connectivity index (χ1n) is 12.2. The number of nitrogens with zero attached hydrogens (tertiary/aromatic N) is 4. The van der Waals surface area contributed by atoms with Gasteiger partial charge in [-0.3, -0.25) is 9.69 Å². The Hall–Kier alpha value is -4.11. The maximum Gasteiger partial charge on any atom is 0.254 e. The fourth-order valence-electron chi connectivity index (χ4n) is 4.51. The minimum absolute atomic E-state index is 0.215. The Bertz CT molecular complexity index is 1380. The molecule has 1 aliphatic heterocycles. The molecule has 2 aromatic heterocycles. The van der Waals surface area contributed by atoms with Crippen molar-refractivity contribution in [3.05, 3.63) is 66.0 Å². The molecule has 1 fully saturated rings. The van der Waals surface area contributed by atoms with Crippen LogP contribution in [0.25, 0.3) is 10.9 Å². The fraction of sp³-hybridized carbons (Fsp3) is 0.296. The third-order valence-corrected chi connectivity index (χ3v) is 6.62. The van der Waals surface area contributed by atoms with Crippen molar-refractivity contribution in [1.29, 1.82) is 0 Å². The topological polar surface area (TPSA) is 110 Å². The average Bonchev–Trinajstić information content (AvgIpc) is 3.49. The summed E-state index contributed by atoms with van der Waals surface area (Å²) in [4.78, 5) is 23.3. The number of amides is 1. The highest BCUT2D eigenvalue weighted by Crippen LogP contribution is 2.30. The van der Waals surface area contributed by atoms with Gasteiger partial charge in [-0.15, -0.1) is 0 Å². The van der Waals surface area contributed by atoms with Gasteiger partial charge >= 0.3 is 0 Å². The molecule has 0 atom stereocenters. The van der Waals surface area contributed by atoms with Crippen molar-refractivity contribution in [2.75, 3.05) is 36.9 Å². The quantitative estimate of drug-likeness (QED) is 0.323. The molecule has 4 aromatic rings. The van der Waals surface area contributed by atoms with Crippen LogP contribution in [0.2, 0.25) is 0 Å². The van der Waals surface area contributed by atoms with Crippen LogP contribution in [0.1, 0.15) is 28.9 Å². The molecule has 9 nitrogen and oxygen atoms in total. The van der Waals surface area contributed by atoms with E-state index in [-0.39, 0.29) is 5.56 Å². The lowest BCUT2D eigenvalue weighted by molar-refractivity contribution is 0.100. The molecule has 1 saturated heterocycles. The first-order valence-corrected chi connectivity index (χ1v) is 12.2. The highest BCUT2D eigenvalue weighted by atomic mass is 16.5. The molecule has 36 heavy (non-hydrogen) atoms. The van der Waals surface area contributed by atoms with E-state index in [4.69, 9.17) is 10.5 Å². The van der Waals surface area contributed by atoms with E-state index in [1.807, 2.05) is 43.4 Å². The van der Waals surface area contributed by atoms with Crippen molar-refractivity contribution in [3.8, 4) is 5.75 Å². The predicted octanol–water partition coefficient (Wildman–Crippen LogP) is 4.34. The van der Waals surface area contributed by atoms with Crippen molar-refractivity contribution in [3.63, 3.8) is 0 Å². The summed E-state index contributed by atoms with van der Waals surface area (Å²) < 4.78 is 8.00. The number of likely N-dealkylation sites (tertiary alicyclic amines) is 1. The van der Waals surface area contributed by atoms with E-state index in [2.05, 4.69) is 49.1 Å². The monoisotopic (exact) mass is 485 g/mol. The molecule has 0 spiro atoms. The molecule has 0 bridgehead atoms. The maximum atomic E-state index is 12.1. The molecule has 4 N–H and O–H groups in total. The van der Waals surface area contributed by atoms with Gasteiger partial charge in [0.05, 0.1) is 5.52 Å². The van der Waals surface area contributed by atoms with Crippen LogP contribution in [0.15, 0.2) is 54.7 Å². The Balaban J connectivity index is 1.31. The van der Waals surface area contributed by atoms with Crippen LogP contribution in [-0.2, 0) is 7.05 Å². The Morgan fingerprint density at radius 3 is 2.64 bits per heavy atom. The zero-order valence-electron chi connectivity index (χ0n) is 20.6. The summed E-state index contributed by atoms with van der Waals surface area (Å²) in [6.07, 6.45) is 4.00. The summed E-state index contributed by atoms with van der Waals surface area (Å²) >= 11 is 0. The normalized spacial score (nSPS) is 13.7. The molecule has 1 aliphatic rings. The van der Waals surface area contributed by atoms with Gasteiger partial charge in [0, 0.05) is 42.2 Å². The zero-order chi connectivity index (χ0) is 25.1. The number of primary amides is 1. The molecule has 9 heteroatoms. The van der Waals surface area contributed by atoms with Crippen LogP contribution in [0.3, 0.4) is 0 Å². The van der Waals surface area contributed by atoms with Crippen LogP contribution < -0.4 is 21.1 Å². The second kappa shape index (κ2) is 10.2. The number of ether oxygens (including phenoxy) is 1. The van der Waals surface area contributed by atoms with Crippen LogP contribution >= 0.6 is 0 Å². The van der Waals surface area contributed by atoms with Gasteiger partial charge in [-0.2, -0.15) is 4.98 Å². The van der Waals surface area contributed by atoms with E-state index in [1.54, 1.807) is 0 Å². The van der Waals surface area contributed by atoms with E-state index in [0.717, 1.165) is 53.4 Å². The number of benzene rings is 2. The molecule has 0 unspecified atom stereocenters.